The van der Waals surface area contributed by atoms with Gasteiger partial charge in [-0.05, 0) is 75.1 Å². The van der Waals surface area contributed by atoms with Crippen molar-refractivity contribution in [2.75, 3.05) is 0 Å². The summed E-state index contributed by atoms with van der Waals surface area (Å²) >= 11 is 0. The lowest BCUT2D eigenvalue weighted by molar-refractivity contribution is -0.190. The third-order valence-electron chi connectivity index (χ3n) is 9.74. The molecule has 3 fully saturated rings. The summed E-state index contributed by atoms with van der Waals surface area (Å²) in [6.07, 6.45) is 7.47. The lowest BCUT2D eigenvalue weighted by Crippen LogP contribution is -2.63. The molecule has 5 unspecified atom stereocenters. The number of nitrogens with one attached hydrogen (secondary N) is 1. The largest absolute Gasteiger partial charge is 0.462 e. The lowest BCUT2D eigenvalue weighted by Gasteiger charge is -2.59. The molecular weight excluding hydrogens is 490 g/mol. The number of hydrogen-bond acceptors (Lipinski definition) is 6. The van der Waals surface area contributed by atoms with Gasteiger partial charge >= 0.3 is 5.97 Å². The fourth-order valence-electron chi connectivity index (χ4n) is 7.88. The SMILES string of the molecule is CC(=O)O[C@H]1CC2(C)C(CC[C@]2(O)C(=O)N[S@](=O)c2ccc(C)cc2)C2CCC3=CC(=O)C=CC3(C)C21. The van der Waals surface area contributed by atoms with Gasteiger partial charge in [0.1, 0.15) is 11.7 Å². The quantitative estimate of drug-likeness (QED) is 0.580. The molecule has 8 atom stereocenters. The molecule has 0 aromatic heterocycles. The van der Waals surface area contributed by atoms with Gasteiger partial charge in [-0.25, -0.2) is 4.21 Å². The second-order valence-corrected chi connectivity index (χ2v) is 12.9. The van der Waals surface area contributed by atoms with Crippen LogP contribution in [0.5, 0.6) is 0 Å². The summed E-state index contributed by atoms with van der Waals surface area (Å²) in [5, 5.41) is 12.0. The lowest BCUT2D eigenvalue weighted by atomic mass is 9.46. The number of fused-ring (bicyclic) bond motifs is 5. The van der Waals surface area contributed by atoms with Gasteiger partial charge in [0.05, 0.1) is 4.90 Å². The number of carbonyl (C=O) groups is 3. The fourth-order valence-corrected chi connectivity index (χ4v) is 8.72. The van der Waals surface area contributed by atoms with E-state index in [2.05, 4.69) is 11.6 Å². The molecule has 5 rings (SSSR count). The maximum atomic E-state index is 13.6. The summed E-state index contributed by atoms with van der Waals surface area (Å²) in [6, 6.07) is 7.05. The first-order chi connectivity index (χ1) is 17.4. The highest BCUT2D eigenvalue weighted by atomic mass is 32.2. The van der Waals surface area contributed by atoms with Gasteiger partial charge in [0.25, 0.3) is 5.91 Å². The predicted octanol–water partition coefficient (Wildman–Crippen LogP) is 3.71. The molecule has 0 bridgehead atoms. The van der Waals surface area contributed by atoms with Crippen LogP contribution in [0.2, 0.25) is 0 Å². The number of ether oxygens (including phenoxy) is 1. The number of ketones is 1. The van der Waals surface area contributed by atoms with Crippen molar-refractivity contribution in [2.24, 2.45) is 28.6 Å². The Balaban J connectivity index is 1.47. The Morgan fingerprint density at radius 2 is 1.86 bits per heavy atom. The first-order valence-corrected chi connectivity index (χ1v) is 14.2. The zero-order valence-electron chi connectivity index (χ0n) is 21.8. The second-order valence-electron chi connectivity index (χ2n) is 11.7. The molecule has 198 valence electrons. The van der Waals surface area contributed by atoms with Gasteiger partial charge in [-0.3, -0.25) is 19.1 Å². The number of esters is 1. The molecule has 7 nitrogen and oxygen atoms in total. The average molecular weight is 526 g/mol. The Hall–Kier alpha value is -2.58. The van der Waals surface area contributed by atoms with Gasteiger partial charge in [0, 0.05) is 23.7 Å². The van der Waals surface area contributed by atoms with E-state index in [1.807, 2.05) is 32.1 Å². The minimum Gasteiger partial charge on any atom is -0.462 e. The van der Waals surface area contributed by atoms with Crippen LogP contribution in [-0.4, -0.2) is 38.7 Å². The monoisotopic (exact) mass is 525 g/mol. The number of carbonyl (C=O) groups excluding carboxylic acids is 3. The highest BCUT2D eigenvalue weighted by molar-refractivity contribution is 7.83. The van der Waals surface area contributed by atoms with E-state index in [4.69, 9.17) is 4.74 Å². The molecule has 4 aliphatic rings. The van der Waals surface area contributed by atoms with Gasteiger partial charge in [-0.1, -0.05) is 43.2 Å². The fraction of sp³-hybridized carbons (Fsp3) is 0.552. The second kappa shape index (κ2) is 9.02. The number of benzene rings is 1. The van der Waals surface area contributed by atoms with Gasteiger partial charge in [0.15, 0.2) is 16.8 Å². The summed E-state index contributed by atoms with van der Waals surface area (Å²) < 4.78 is 21.4. The van der Waals surface area contributed by atoms with Crippen LogP contribution in [0.25, 0.3) is 0 Å². The van der Waals surface area contributed by atoms with E-state index in [1.54, 1.807) is 24.3 Å². The molecule has 4 aliphatic carbocycles. The molecule has 3 saturated carbocycles. The van der Waals surface area contributed by atoms with Crippen LogP contribution in [-0.2, 0) is 30.1 Å². The number of hydrogen-bond donors (Lipinski definition) is 2. The minimum absolute atomic E-state index is 0.0114. The Morgan fingerprint density at radius 1 is 1.16 bits per heavy atom. The average Bonchev–Trinajstić information content (AvgIpc) is 3.10. The number of aliphatic hydroxyl groups is 1. The minimum atomic E-state index is -1.81. The summed E-state index contributed by atoms with van der Waals surface area (Å²) in [5.74, 6) is -1.05. The van der Waals surface area contributed by atoms with Crippen molar-refractivity contribution < 1.29 is 28.4 Å². The van der Waals surface area contributed by atoms with Crippen molar-refractivity contribution in [1.29, 1.82) is 0 Å². The maximum Gasteiger partial charge on any atom is 0.302 e. The summed E-state index contributed by atoms with van der Waals surface area (Å²) in [7, 11) is -1.81. The Bertz CT molecular complexity index is 1240. The zero-order valence-corrected chi connectivity index (χ0v) is 22.6. The first-order valence-electron chi connectivity index (χ1n) is 13.0. The van der Waals surface area contributed by atoms with Gasteiger partial charge in [0.2, 0.25) is 0 Å². The van der Waals surface area contributed by atoms with Crippen molar-refractivity contribution in [3.8, 4) is 0 Å². The molecule has 0 heterocycles. The van der Waals surface area contributed by atoms with Crippen LogP contribution in [0, 0.1) is 35.5 Å². The van der Waals surface area contributed by atoms with Crippen molar-refractivity contribution >= 4 is 28.6 Å². The number of allylic oxidation sites excluding steroid dienone is 4. The molecule has 2 N–H and O–H groups in total. The van der Waals surface area contributed by atoms with Crippen LogP contribution in [0.15, 0.2) is 53.0 Å². The standard InChI is InChI=1S/C29H35NO6S/c1-17-5-8-21(9-6-17)37(35)30-26(33)29(34)14-12-23-22-10-7-19-15-20(32)11-13-27(19,3)25(22)24(36-18(2)31)16-28(23,29)4/h5-6,8-9,11,13,15,22-25,34H,7,10,12,14,16H2,1-4H3,(H,30,33)/t22?,23?,24-,25?,27?,28?,29-,37+/m0/s1. The molecule has 37 heavy (non-hydrogen) atoms. The molecule has 1 aromatic rings. The van der Waals surface area contributed by atoms with Gasteiger partial charge in [-0.15, -0.1) is 0 Å². The number of rotatable bonds is 4. The topological polar surface area (TPSA) is 110 Å². The summed E-state index contributed by atoms with van der Waals surface area (Å²) in [6.45, 7) is 7.33. The van der Waals surface area contributed by atoms with E-state index in [1.165, 1.54) is 6.92 Å². The van der Waals surface area contributed by atoms with Crippen LogP contribution in [0.4, 0.5) is 0 Å². The molecule has 0 radical (unpaired) electrons. The number of aryl methyl sites for hydroxylation is 1. The predicted molar refractivity (Wildman–Crippen MR) is 138 cm³/mol. The molecule has 8 heteroatoms. The molecule has 1 aromatic carbocycles. The molecular formula is C29H35NO6S. The van der Waals surface area contributed by atoms with E-state index >= 15 is 0 Å². The van der Waals surface area contributed by atoms with Gasteiger partial charge < -0.3 is 9.84 Å². The van der Waals surface area contributed by atoms with Gasteiger partial charge in [-0.2, -0.15) is 0 Å². The normalized spacial score (nSPS) is 39.1. The van der Waals surface area contributed by atoms with Crippen molar-refractivity contribution in [2.45, 2.75) is 76.4 Å². The van der Waals surface area contributed by atoms with Crippen LogP contribution in [0.1, 0.15) is 58.4 Å². The smallest absolute Gasteiger partial charge is 0.302 e. The third-order valence-corrected chi connectivity index (χ3v) is 10.8. The highest BCUT2D eigenvalue weighted by Crippen LogP contribution is 2.67. The Kier molecular flexibility index (Phi) is 6.35. The van der Waals surface area contributed by atoms with E-state index in [9.17, 15) is 23.7 Å². The van der Waals surface area contributed by atoms with Crippen LogP contribution >= 0.6 is 0 Å². The summed E-state index contributed by atoms with van der Waals surface area (Å²) in [5.41, 5.74) is -0.991. The highest BCUT2D eigenvalue weighted by Gasteiger charge is 2.69. The first kappa shape index (κ1) is 26.0. The van der Waals surface area contributed by atoms with E-state index in [0.717, 1.165) is 24.0 Å². The Morgan fingerprint density at radius 3 is 2.54 bits per heavy atom. The van der Waals surface area contributed by atoms with E-state index < -0.39 is 45.4 Å². The van der Waals surface area contributed by atoms with Crippen molar-refractivity contribution in [3.63, 3.8) is 0 Å². The summed E-state index contributed by atoms with van der Waals surface area (Å²) in [4.78, 5) is 38.4. The number of amides is 1. The molecule has 0 spiro atoms. The van der Waals surface area contributed by atoms with Crippen molar-refractivity contribution in [3.05, 3.63) is 53.6 Å². The zero-order chi connectivity index (χ0) is 26.8. The molecule has 0 aliphatic heterocycles. The van der Waals surface area contributed by atoms with Crippen molar-refractivity contribution in [1.82, 2.24) is 4.72 Å². The van der Waals surface area contributed by atoms with Crippen LogP contribution < -0.4 is 4.72 Å². The Labute approximate surface area is 220 Å². The third kappa shape index (κ3) is 4.04. The van der Waals surface area contributed by atoms with E-state index in [0.29, 0.717) is 17.7 Å². The van der Waals surface area contributed by atoms with E-state index in [-0.39, 0.29) is 30.0 Å². The molecule has 0 saturated heterocycles. The maximum absolute atomic E-state index is 13.6. The van der Waals surface area contributed by atoms with Crippen LogP contribution in [0.3, 0.4) is 0 Å². The molecule has 1 amide bonds.